The highest BCUT2D eigenvalue weighted by Gasteiger charge is 2.16. The molecule has 228 valence electrons. The molecule has 0 unspecified atom stereocenters. The summed E-state index contributed by atoms with van der Waals surface area (Å²) in [6.07, 6.45) is 10.0. The van der Waals surface area contributed by atoms with Crippen LogP contribution in [-0.4, -0.2) is 77.8 Å². The molecule has 3 N–H and O–H groups in total. The van der Waals surface area contributed by atoms with Crippen LogP contribution >= 0.6 is 0 Å². The van der Waals surface area contributed by atoms with Gasteiger partial charge in [0.25, 0.3) is 0 Å². The van der Waals surface area contributed by atoms with Crippen LogP contribution in [0.1, 0.15) is 25.5 Å². The number of likely N-dealkylation sites (N-methyl/N-ethyl adjacent to an activating group) is 1. The first kappa shape index (κ1) is 30.9. The molecule has 0 radical (unpaired) electrons. The first-order valence-corrected chi connectivity index (χ1v) is 15.1. The maximum Gasteiger partial charge on any atom is 0.125 e. The molecule has 5 aromatic rings. The smallest absolute Gasteiger partial charge is 0.125 e. The van der Waals surface area contributed by atoms with Crippen molar-refractivity contribution < 1.29 is 4.39 Å². The van der Waals surface area contributed by atoms with Gasteiger partial charge in [-0.05, 0) is 119 Å². The van der Waals surface area contributed by atoms with E-state index in [4.69, 9.17) is 4.98 Å². The van der Waals surface area contributed by atoms with Crippen molar-refractivity contribution in [3.8, 4) is 22.5 Å². The van der Waals surface area contributed by atoms with Gasteiger partial charge in [0.05, 0.1) is 23.1 Å². The lowest BCUT2D eigenvalue weighted by atomic mass is 10.0. The Morgan fingerprint density at radius 3 is 2.57 bits per heavy atom. The molecule has 0 fully saturated rings. The molecule has 0 aliphatic rings. The number of H-pyrrole nitrogens is 2. The third kappa shape index (κ3) is 7.15. The maximum absolute atomic E-state index is 14.7. The van der Waals surface area contributed by atoms with E-state index < -0.39 is 0 Å². The van der Waals surface area contributed by atoms with Crippen molar-refractivity contribution >= 4 is 33.1 Å². The van der Waals surface area contributed by atoms with Crippen LogP contribution in [0.25, 0.3) is 49.9 Å². The zero-order valence-corrected chi connectivity index (χ0v) is 26.3. The van der Waals surface area contributed by atoms with E-state index in [2.05, 4.69) is 75.3 Å². The molecule has 8 heteroatoms. The van der Waals surface area contributed by atoms with E-state index in [1.807, 2.05) is 57.6 Å². The number of hydrogen-bond acceptors (Lipinski definition) is 5. The molecular formula is C36H42FN7. The van der Waals surface area contributed by atoms with Gasteiger partial charge in [-0.15, -0.1) is 0 Å². The summed E-state index contributed by atoms with van der Waals surface area (Å²) in [4.78, 5) is 12.6. The first-order valence-electron chi connectivity index (χ1n) is 15.1. The number of benzene rings is 2. The highest BCUT2D eigenvalue weighted by Crippen LogP contribution is 2.35. The van der Waals surface area contributed by atoms with Gasteiger partial charge in [0, 0.05) is 35.1 Å². The molecule has 0 bridgehead atoms. The molecule has 0 amide bonds. The van der Waals surface area contributed by atoms with Gasteiger partial charge >= 0.3 is 0 Å². The minimum Gasteiger partial charge on any atom is -0.384 e. The molecule has 0 spiro atoms. The predicted octanol–water partition coefficient (Wildman–Crippen LogP) is 7.74. The molecule has 0 aliphatic carbocycles. The third-order valence-corrected chi connectivity index (χ3v) is 7.74. The van der Waals surface area contributed by atoms with E-state index in [0.29, 0.717) is 0 Å². The number of nitrogens with one attached hydrogen (secondary N) is 3. The van der Waals surface area contributed by atoms with Crippen LogP contribution in [0, 0.1) is 5.82 Å². The van der Waals surface area contributed by atoms with Crippen molar-refractivity contribution in [3.63, 3.8) is 0 Å². The summed E-state index contributed by atoms with van der Waals surface area (Å²) in [6, 6.07) is 15.4. The lowest BCUT2D eigenvalue weighted by molar-refractivity contribution is 0.400. The standard InChI is InChI=1S/C36H42FN7/c1-7-24(11-10-15-43(3)4)17-25(8-2)33-22-31-35(23-39-33)41-42-36(31)34-21-30-29(12-9-13-32(30)40-34)26-18-27(37)20-28(19-26)38-14-16-44(5)6/h7-9,12-13,17-23,38,40H,1,10-11,14-16H2,2-6H3,(H,41,42)/b24-17+,25-8+. The van der Waals surface area contributed by atoms with E-state index in [-0.39, 0.29) is 5.82 Å². The maximum atomic E-state index is 14.7. The molecule has 44 heavy (non-hydrogen) atoms. The topological polar surface area (TPSA) is 75.9 Å². The summed E-state index contributed by atoms with van der Waals surface area (Å²) in [5, 5.41) is 13.1. The molecular weight excluding hydrogens is 549 g/mol. The summed E-state index contributed by atoms with van der Waals surface area (Å²) in [6.45, 7) is 8.68. The summed E-state index contributed by atoms with van der Waals surface area (Å²) < 4.78 is 14.7. The fourth-order valence-electron chi connectivity index (χ4n) is 5.42. The number of hydrogen-bond donors (Lipinski definition) is 3. The lowest BCUT2D eigenvalue weighted by Gasteiger charge is -2.13. The van der Waals surface area contributed by atoms with Gasteiger partial charge in [-0.2, -0.15) is 5.10 Å². The third-order valence-electron chi connectivity index (χ3n) is 7.74. The van der Waals surface area contributed by atoms with E-state index in [9.17, 15) is 4.39 Å². The number of aromatic amines is 2. The summed E-state index contributed by atoms with van der Waals surface area (Å²) in [7, 11) is 8.22. The number of rotatable bonds is 13. The molecule has 2 aromatic carbocycles. The molecule has 7 nitrogen and oxygen atoms in total. The summed E-state index contributed by atoms with van der Waals surface area (Å²) in [5.74, 6) is -0.271. The van der Waals surface area contributed by atoms with Crippen molar-refractivity contribution in [1.29, 1.82) is 0 Å². The van der Waals surface area contributed by atoms with Crippen molar-refractivity contribution in [2.45, 2.75) is 19.8 Å². The molecule has 3 heterocycles. The Bertz CT molecular complexity index is 1820. The van der Waals surface area contributed by atoms with Gasteiger partial charge in [0.1, 0.15) is 11.5 Å². The highest BCUT2D eigenvalue weighted by molar-refractivity contribution is 6.01. The van der Waals surface area contributed by atoms with Crippen LogP contribution in [0.3, 0.4) is 0 Å². The minimum atomic E-state index is -0.271. The molecule has 0 atom stereocenters. The fraction of sp³-hybridized carbons (Fsp3) is 0.278. The second kappa shape index (κ2) is 13.8. The van der Waals surface area contributed by atoms with Gasteiger partial charge in [-0.25, -0.2) is 4.39 Å². The van der Waals surface area contributed by atoms with Crippen molar-refractivity contribution in [2.75, 3.05) is 53.1 Å². The van der Waals surface area contributed by atoms with Crippen molar-refractivity contribution in [2.24, 2.45) is 0 Å². The van der Waals surface area contributed by atoms with Crippen LogP contribution in [0.2, 0.25) is 0 Å². The van der Waals surface area contributed by atoms with Gasteiger partial charge in [0.2, 0.25) is 0 Å². The van der Waals surface area contributed by atoms with E-state index in [1.165, 1.54) is 5.57 Å². The average molecular weight is 592 g/mol. The van der Waals surface area contributed by atoms with Crippen molar-refractivity contribution in [3.05, 3.63) is 96.6 Å². The number of anilines is 1. The second-order valence-electron chi connectivity index (χ2n) is 11.7. The first-order chi connectivity index (χ1) is 21.2. The minimum absolute atomic E-state index is 0.271. The van der Waals surface area contributed by atoms with E-state index in [0.717, 1.165) is 93.8 Å². The number of allylic oxidation sites excluding steroid dienone is 5. The lowest BCUT2D eigenvalue weighted by Crippen LogP contribution is -2.20. The van der Waals surface area contributed by atoms with Gasteiger partial charge in [0.15, 0.2) is 0 Å². The molecule has 5 rings (SSSR count). The van der Waals surface area contributed by atoms with E-state index >= 15 is 0 Å². The van der Waals surface area contributed by atoms with Gasteiger partial charge < -0.3 is 20.1 Å². The molecule has 0 aliphatic heterocycles. The van der Waals surface area contributed by atoms with Crippen LogP contribution in [0.15, 0.2) is 85.1 Å². The highest BCUT2D eigenvalue weighted by atomic mass is 19.1. The number of halogens is 1. The van der Waals surface area contributed by atoms with Crippen LogP contribution in [0.4, 0.5) is 10.1 Å². The fourth-order valence-corrected chi connectivity index (χ4v) is 5.42. The molecule has 0 saturated carbocycles. The Labute approximate surface area is 259 Å². The number of pyridine rings is 1. The van der Waals surface area contributed by atoms with Gasteiger partial charge in [-0.3, -0.25) is 10.1 Å². The van der Waals surface area contributed by atoms with Crippen LogP contribution < -0.4 is 5.32 Å². The van der Waals surface area contributed by atoms with Crippen LogP contribution in [-0.2, 0) is 0 Å². The monoisotopic (exact) mass is 591 g/mol. The zero-order valence-electron chi connectivity index (χ0n) is 26.3. The SMILES string of the molecule is C=C/C(=C\C(=C/C)c1cc2c(-c3cc4c(-c5cc(F)cc(NCCN(C)C)c5)cccc4[nH]3)n[nH]c2cn1)CCCN(C)C. The zero-order chi connectivity index (χ0) is 31.2. The van der Waals surface area contributed by atoms with Crippen molar-refractivity contribution in [1.82, 2.24) is 30.0 Å². The van der Waals surface area contributed by atoms with Gasteiger partial charge in [-0.1, -0.05) is 30.9 Å². The largest absolute Gasteiger partial charge is 0.384 e. The summed E-state index contributed by atoms with van der Waals surface area (Å²) in [5.41, 5.74) is 9.14. The Morgan fingerprint density at radius 1 is 1.00 bits per heavy atom. The Morgan fingerprint density at radius 2 is 1.82 bits per heavy atom. The van der Waals surface area contributed by atoms with Crippen LogP contribution in [0.5, 0.6) is 0 Å². The molecule has 0 saturated heterocycles. The Kier molecular flexibility index (Phi) is 9.72. The molecule has 3 aromatic heterocycles. The summed E-state index contributed by atoms with van der Waals surface area (Å²) >= 11 is 0. The Balaban J connectivity index is 1.49. The Hall–Kier alpha value is -4.53. The quantitative estimate of drug-likeness (QED) is 0.122. The predicted molar refractivity (Wildman–Crippen MR) is 183 cm³/mol. The number of fused-ring (bicyclic) bond motifs is 2. The number of aromatic nitrogens is 4. The normalized spacial score (nSPS) is 12.6. The average Bonchev–Trinajstić information content (AvgIpc) is 3.62. The van der Waals surface area contributed by atoms with E-state index in [1.54, 1.807) is 12.1 Å². The number of nitrogens with zero attached hydrogens (tertiary/aromatic N) is 4. The second-order valence-corrected chi connectivity index (χ2v) is 11.7.